The summed E-state index contributed by atoms with van der Waals surface area (Å²) in [5.41, 5.74) is -0.665. The van der Waals surface area contributed by atoms with Crippen LogP contribution >= 0.6 is 0 Å². The van der Waals surface area contributed by atoms with Gasteiger partial charge in [-0.25, -0.2) is 8.78 Å². The van der Waals surface area contributed by atoms with Gasteiger partial charge in [0.05, 0.1) is 12.1 Å². The number of hydrogen-bond acceptors (Lipinski definition) is 4. The number of nitrogens with one attached hydrogen (secondary N) is 2. The van der Waals surface area contributed by atoms with Crippen molar-refractivity contribution >= 4 is 5.78 Å². The van der Waals surface area contributed by atoms with E-state index in [1.807, 2.05) is 0 Å². The number of methoxy groups -OCH3 is 1. The Morgan fingerprint density at radius 1 is 1.41 bits per heavy atom. The van der Waals surface area contributed by atoms with E-state index < -0.39 is 30.2 Å². The number of halogens is 2. The standard InChI is InChI=1S/C11H20F2N2O2/c1-11(2,3)9(16)7-8(10(12)13)14-5-6(15-7)17-4/h6-8,10,14-15H,5H2,1-4H3. The third-order valence-electron chi connectivity index (χ3n) is 2.84. The van der Waals surface area contributed by atoms with Gasteiger partial charge in [0.25, 0.3) is 6.43 Å². The van der Waals surface area contributed by atoms with Crippen LogP contribution in [0.1, 0.15) is 20.8 Å². The number of carbonyl (C=O) groups excluding carboxylic acids is 1. The van der Waals surface area contributed by atoms with Gasteiger partial charge < -0.3 is 10.1 Å². The summed E-state index contributed by atoms with van der Waals surface area (Å²) in [6, 6.07) is -2.08. The maximum absolute atomic E-state index is 12.9. The molecule has 0 bridgehead atoms. The van der Waals surface area contributed by atoms with E-state index >= 15 is 0 Å². The van der Waals surface area contributed by atoms with Gasteiger partial charge >= 0.3 is 0 Å². The molecule has 0 saturated carbocycles. The molecular formula is C11H20F2N2O2. The van der Waals surface area contributed by atoms with Crippen LogP contribution in [0.4, 0.5) is 8.78 Å². The number of rotatable bonds is 3. The van der Waals surface area contributed by atoms with Crippen LogP contribution in [0.5, 0.6) is 0 Å². The Morgan fingerprint density at radius 2 is 2.00 bits per heavy atom. The molecule has 1 heterocycles. The van der Waals surface area contributed by atoms with Gasteiger partial charge in [-0.1, -0.05) is 20.8 Å². The first-order valence-corrected chi connectivity index (χ1v) is 5.62. The number of Topliss-reactive ketones (excluding diaryl/α,β-unsaturated/α-hetero) is 1. The van der Waals surface area contributed by atoms with Crippen LogP contribution in [-0.2, 0) is 9.53 Å². The fourth-order valence-corrected chi connectivity index (χ4v) is 1.82. The van der Waals surface area contributed by atoms with Crippen molar-refractivity contribution in [2.75, 3.05) is 13.7 Å². The van der Waals surface area contributed by atoms with Gasteiger partial charge in [0.2, 0.25) is 0 Å². The zero-order valence-corrected chi connectivity index (χ0v) is 10.6. The molecule has 0 aromatic rings. The molecule has 3 unspecified atom stereocenters. The second-order valence-corrected chi connectivity index (χ2v) is 5.25. The minimum atomic E-state index is -2.59. The lowest BCUT2D eigenvalue weighted by Gasteiger charge is -2.38. The van der Waals surface area contributed by atoms with Crippen molar-refractivity contribution in [2.24, 2.45) is 5.41 Å². The minimum absolute atomic E-state index is 0.239. The van der Waals surface area contributed by atoms with Crippen LogP contribution in [0.2, 0.25) is 0 Å². The highest BCUT2D eigenvalue weighted by atomic mass is 19.3. The van der Waals surface area contributed by atoms with Crippen LogP contribution < -0.4 is 10.6 Å². The molecule has 0 aliphatic carbocycles. The normalized spacial score (nSPS) is 30.6. The number of alkyl halides is 2. The Hall–Kier alpha value is -0.590. The minimum Gasteiger partial charge on any atom is -0.365 e. The molecule has 0 radical (unpaired) electrons. The molecule has 0 amide bonds. The molecular weight excluding hydrogens is 230 g/mol. The van der Waals surface area contributed by atoms with E-state index in [4.69, 9.17) is 4.74 Å². The molecule has 6 heteroatoms. The maximum Gasteiger partial charge on any atom is 0.255 e. The van der Waals surface area contributed by atoms with Crippen molar-refractivity contribution in [3.05, 3.63) is 0 Å². The molecule has 0 aromatic heterocycles. The molecule has 1 saturated heterocycles. The molecule has 0 aromatic carbocycles. The zero-order chi connectivity index (χ0) is 13.2. The van der Waals surface area contributed by atoms with Gasteiger partial charge in [0.15, 0.2) is 5.78 Å². The second kappa shape index (κ2) is 5.37. The lowest BCUT2D eigenvalue weighted by molar-refractivity contribution is -0.133. The van der Waals surface area contributed by atoms with Crippen LogP contribution in [0.25, 0.3) is 0 Å². The van der Waals surface area contributed by atoms with Crippen LogP contribution in [0.15, 0.2) is 0 Å². The summed E-state index contributed by atoms with van der Waals surface area (Å²) in [5, 5.41) is 5.49. The Balaban J connectivity index is 2.84. The Morgan fingerprint density at radius 3 is 2.41 bits per heavy atom. The van der Waals surface area contributed by atoms with Gasteiger partial charge in [0, 0.05) is 19.1 Å². The first-order valence-electron chi connectivity index (χ1n) is 5.62. The Kier molecular flexibility index (Phi) is 4.57. The third kappa shape index (κ3) is 3.43. The molecule has 1 fully saturated rings. The Bertz CT molecular complexity index is 279. The van der Waals surface area contributed by atoms with E-state index in [0.717, 1.165) is 0 Å². The van der Waals surface area contributed by atoms with Crippen molar-refractivity contribution in [3.8, 4) is 0 Å². The largest absolute Gasteiger partial charge is 0.365 e. The summed E-state index contributed by atoms with van der Waals surface area (Å²) in [6.07, 6.45) is -3.00. The van der Waals surface area contributed by atoms with Crippen LogP contribution in [-0.4, -0.2) is 44.2 Å². The quantitative estimate of drug-likeness (QED) is 0.777. The first kappa shape index (κ1) is 14.5. The molecule has 0 spiro atoms. The van der Waals surface area contributed by atoms with Crippen LogP contribution in [0.3, 0.4) is 0 Å². The number of carbonyl (C=O) groups is 1. The first-order chi connectivity index (χ1) is 7.77. The van der Waals surface area contributed by atoms with E-state index in [1.54, 1.807) is 20.8 Å². The molecule has 1 aliphatic heterocycles. The van der Waals surface area contributed by atoms with Crippen molar-refractivity contribution in [1.82, 2.24) is 10.6 Å². The Labute approximate surface area is 100 Å². The summed E-state index contributed by atoms with van der Waals surface area (Å²) < 4.78 is 30.8. The zero-order valence-electron chi connectivity index (χ0n) is 10.6. The highest BCUT2D eigenvalue weighted by Gasteiger charge is 2.42. The molecule has 17 heavy (non-hydrogen) atoms. The molecule has 4 nitrogen and oxygen atoms in total. The summed E-state index contributed by atoms with van der Waals surface area (Å²) in [5.74, 6) is -0.239. The topological polar surface area (TPSA) is 50.4 Å². The second-order valence-electron chi connectivity index (χ2n) is 5.25. The lowest BCUT2D eigenvalue weighted by atomic mass is 9.83. The molecule has 1 aliphatic rings. The average Bonchev–Trinajstić information content (AvgIpc) is 2.25. The van der Waals surface area contributed by atoms with Gasteiger partial charge in [-0.2, -0.15) is 0 Å². The van der Waals surface area contributed by atoms with Crippen molar-refractivity contribution in [2.45, 2.75) is 45.5 Å². The monoisotopic (exact) mass is 250 g/mol. The molecule has 100 valence electrons. The van der Waals surface area contributed by atoms with E-state index in [9.17, 15) is 13.6 Å². The maximum atomic E-state index is 12.9. The fourth-order valence-electron chi connectivity index (χ4n) is 1.82. The van der Waals surface area contributed by atoms with Crippen molar-refractivity contribution in [3.63, 3.8) is 0 Å². The van der Waals surface area contributed by atoms with E-state index in [-0.39, 0.29) is 12.3 Å². The van der Waals surface area contributed by atoms with Gasteiger partial charge in [-0.05, 0) is 0 Å². The predicted molar refractivity (Wildman–Crippen MR) is 60.0 cm³/mol. The summed E-state index contributed by atoms with van der Waals surface area (Å²) >= 11 is 0. The smallest absolute Gasteiger partial charge is 0.255 e. The predicted octanol–water partition coefficient (Wildman–Crippen LogP) is 0.769. The molecule has 3 atom stereocenters. The van der Waals surface area contributed by atoms with Gasteiger partial charge in [0.1, 0.15) is 6.23 Å². The van der Waals surface area contributed by atoms with Gasteiger partial charge in [-0.3, -0.25) is 10.1 Å². The van der Waals surface area contributed by atoms with E-state index in [2.05, 4.69) is 10.6 Å². The lowest BCUT2D eigenvalue weighted by Crippen LogP contribution is -2.67. The highest BCUT2D eigenvalue weighted by Crippen LogP contribution is 2.22. The summed E-state index contributed by atoms with van der Waals surface area (Å²) in [6.45, 7) is 5.42. The number of ketones is 1. The number of ether oxygens (including phenoxy) is 1. The summed E-state index contributed by atoms with van der Waals surface area (Å²) in [4.78, 5) is 12.1. The number of piperazine rings is 1. The third-order valence-corrected chi connectivity index (χ3v) is 2.84. The molecule has 1 rings (SSSR count). The average molecular weight is 250 g/mol. The highest BCUT2D eigenvalue weighted by molar-refractivity contribution is 5.89. The van der Waals surface area contributed by atoms with Gasteiger partial charge in [-0.15, -0.1) is 0 Å². The SMILES string of the molecule is COC1CNC(C(F)F)C(C(=O)C(C)(C)C)N1. The fraction of sp³-hybridized carbons (Fsp3) is 0.909. The van der Waals surface area contributed by atoms with Crippen LogP contribution in [0, 0.1) is 5.41 Å². The van der Waals surface area contributed by atoms with Crippen molar-refractivity contribution in [1.29, 1.82) is 0 Å². The van der Waals surface area contributed by atoms with E-state index in [1.165, 1.54) is 7.11 Å². The van der Waals surface area contributed by atoms with Crippen molar-refractivity contribution < 1.29 is 18.3 Å². The summed E-state index contributed by atoms with van der Waals surface area (Å²) in [7, 11) is 1.47. The van der Waals surface area contributed by atoms with E-state index in [0.29, 0.717) is 0 Å². The number of hydrogen-bond donors (Lipinski definition) is 2. The molecule has 2 N–H and O–H groups in total.